The minimum absolute atomic E-state index is 0.0579. The van der Waals surface area contributed by atoms with Gasteiger partial charge < -0.3 is 14.6 Å². The van der Waals surface area contributed by atoms with Crippen molar-refractivity contribution < 1.29 is 28.4 Å². The fraction of sp³-hybridized carbons (Fsp3) is 0.263. The maximum atomic E-state index is 12.5. The average Bonchev–Trinajstić information content (AvgIpc) is 2.66. The van der Waals surface area contributed by atoms with Crippen molar-refractivity contribution in [3.05, 3.63) is 45.4 Å². The number of aromatic nitrogens is 1. The number of benzene rings is 1. The van der Waals surface area contributed by atoms with Gasteiger partial charge in [-0.3, -0.25) is 9.00 Å². The standard InChI is InChI=1S/C19H17NO7S/c1-3-5-9-16-11(15(28(26)4-2)7-12(20-16)18(22)23)6-10-13(21)8-14(19(24)25)27-17(9)10/h6-8H,3-5H2,1-2H3,(H,22,23)(H,24,25). The third-order valence-electron chi connectivity index (χ3n) is 4.29. The van der Waals surface area contributed by atoms with Crippen LogP contribution >= 0.6 is 0 Å². The molecular weight excluding hydrogens is 386 g/mol. The third-order valence-corrected chi connectivity index (χ3v) is 5.64. The Kier molecular flexibility index (Phi) is 5.28. The van der Waals surface area contributed by atoms with E-state index in [1.165, 1.54) is 12.1 Å². The van der Waals surface area contributed by atoms with Crippen molar-refractivity contribution in [2.75, 3.05) is 5.75 Å². The van der Waals surface area contributed by atoms with Gasteiger partial charge in [0.15, 0.2) is 5.43 Å². The van der Waals surface area contributed by atoms with Crippen LogP contribution in [-0.2, 0) is 17.2 Å². The van der Waals surface area contributed by atoms with Crippen LogP contribution in [0.1, 0.15) is 46.9 Å². The molecule has 9 heteroatoms. The van der Waals surface area contributed by atoms with Gasteiger partial charge in [0.25, 0.3) is 0 Å². The van der Waals surface area contributed by atoms with Gasteiger partial charge >= 0.3 is 11.9 Å². The van der Waals surface area contributed by atoms with Crippen LogP contribution in [0.3, 0.4) is 0 Å². The van der Waals surface area contributed by atoms with Gasteiger partial charge in [-0.25, -0.2) is 14.6 Å². The lowest BCUT2D eigenvalue weighted by Crippen LogP contribution is -2.10. The maximum absolute atomic E-state index is 12.5. The predicted molar refractivity (Wildman–Crippen MR) is 103 cm³/mol. The summed E-state index contributed by atoms with van der Waals surface area (Å²) < 4.78 is 18.0. The fourth-order valence-corrected chi connectivity index (χ4v) is 4.01. The first kappa shape index (κ1) is 19.7. The highest BCUT2D eigenvalue weighted by molar-refractivity contribution is 7.85. The van der Waals surface area contributed by atoms with Crippen LogP contribution in [0.25, 0.3) is 21.9 Å². The zero-order chi connectivity index (χ0) is 20.6. The van der Waals surface area contributed by atoms with Crippen LogP contribution in [0, 0.1) is 0 Å². The average molecular weight is 403 g/mol. The van der Waals surface area contributed by atoms with Crippen molar-refractivity contribution in [2.24, 2.45) is 0 Å². The van der Waals surface area contributed by atoms with Crippen molar-refractivity contribution >= 4 is 44.6 Å². The third kappa shape index (κ3) is 3.29. The molecule has 0 saturated heterocycles. The van der Waals surface area contributed by atoms with Crippen LogP contribution in [0.2, 0.25) is 0 Å². The lowest BCUT2D eigenvalue weighted by atomic mass is 10.0. The molecule has 0 aliphatic carbocycles. The van der Waals surface area contributed by atoms with E-state index in [9.17, 15) is 28.8 Å². The number of nitrogens with zero attached hydrogens (tertiary/aromatic N) is 1. The molecule has 3 aromatic rings. The van der Waals surface area contributed by atoms with Gasteiger partial charge in [0.05, 0.1) is 26.6 Å². The molecule has 28 heavy (non-hydrogen) atoms. The molecule has 0 aliphatic heterocycles. The summed E-state index contributed by atoms with van der Waals surface area (Å²) in [7, 11) is -1.50. The first-order chi connectivity index (χ1) is 13.3. The highest BCUT2D eigenvalue weighted by Crippen LogP contribution is 2.31. The van der Waals surface area contributed by atoms with Gasteiger partial charge in [0, 0.05) is 22.8 Å². The predicted octanol–water partition coefficient (Wildman–Crippen LogP) is 2.82. The molecule has 0 radical (unpaired) electrons. The van der Waals surface area contributed by atoms with Gasteiger partial charge in [-0.2, -0.15) is 0 Å². The Morgan fingerprint density at radius 3 is 2.39 bits per heavy atom. The highest BCUT2D eigenvalue weighted by atomic mass is 32.2. The number of aromatic carboxylic acids is 2. The number of hydrogen-bond donors (Lipinski definition) is 2. The van der Waals surface area contributed by atoms with E-state index in [1.807, 2.05) is 6.92 Å². The zero-order valence-electron chi connectivity index (χ0n) is 15.1. The van der Waals surface area contributed by atoms with E-state index < -0.39 is 33.9 Å². The maximum Gasteiger partial charge on any atom is 0.371 e. The lowest BCUT2D eigenvalue weighted by molar-refractivity contribution is 0.0659. The number of carboxylic acid groups (broad SMARTS) is 2. The summed E-state index contributed by atoms with van der Waals surface area (Å²) >= 11 is 0. The van der Waals surface area contributed by atoms with E-state index in [2.05, 4.69) is 4.98 Å². The molecule has 2 heterocycles. The fourth-order valence-electron chi connectivity index (χ4n) is 3.06. The summed E-state index contributed by atoms with van der Waals surface area (Å²) in [5.74, 6) is -2.92. The van der Waals surface area contributed by atoms with E-state index >= 15 is 0 Å². The van der Waals surface area contributed by atoms with Crippen molar-refractivity contribution in [1.29, 1.82) is 0 Å². The zero-order valence-corrected chi connectivity index (χ0v) is 16.0. The molecule has 0 aliphatic rings. The number of fused-ring (bicyclic) bond motifs is 2. The second-order valence-electron chi connectivity index (χ2n) is 6.10. The molecular formula is C19H17NO7S. The van der Waals surface area contributed by atoms with Crippen molar-refractivity contribution in [1.82, 2.24) is 4.98 Å². The summed E-state index contributed by atoms with van der Waals surface area (Å²) in [4.78, 5) is 39.8. The molecule has 1 unspecified atom stereocenters. The Bertz CT molecular complexity index is 1210. The van der Waals surface area contributed by atoms with Crippen molar-refractivity contribution in [2.45, 2.75) is 31.6 Å². The quantitative estimate of drug-likeness (QED) is 0.600. The van der Waals surface area contributed by atoms with E-state index in [4.69, 9.17) is 4.42 Å². The van der Waals surface area contributed by atoms with Crippen molar-refractivity contribution in [3.63, 3.8) is 0 Å². The molecule has 3 rings (SSSR count). The van der Waals surface area contributed by atoms with E-state index in [1.54, 1.807) is 6.92 Å². The molecule has 2 N–H and O–H groups in total. The number of pyridine rings is 1. The monoisotopic (exact) mass is 403 g/mol. The van der Waals surface area contributed by atoms with E-state index in [0.29, 0.717) is 23.8 Å². The van der Waals surface area contributed by atoms with Crippen molar-refractivity contribution in [3.8, 4) is 0 Å². The van der Waals surface area contributed by atoms with Crippen LogP contribution < -0.4 is 5.43 Å². The molecule has 146 valence electrons. The summed E-state index contributed by atoms with van der Waals surface area (Å²) in [6, 6.07) is 3.59. The molecule has 2 aromatic heterocycles. The molecule has 0 spiro atoms. The summed E-state index contributed by atoms with van der Waals surface area (Å²) in [5.41, 5.74) is -0.0990. The van der Waals surface area contributed by atoms with Crippen LogP contribution in [0.4, 0.5) is 0 Å². The minimum Gasteiger partial charge on any atom is -0.477 e. The molecule has 0 amide bonds. The first-order valence-corrected chi connectivity index (χ1v) is 9.89. The van der Waals surface area contributed by atoms with Gasteiger partial charge in [-0.1, -0.05) is 20.3 Å². The molecule has 8 nitrogen and oxygen atoms in total. The number of aryl methyl sites for hydroxylation is 1. The van der Waals surface area contributed by atoms with Gasteiger partial charge in [0.2, 0.25) is 5.76 Å². The van der Waals surface area contributed by atoms with Gasteiger partial charge in [-0.15, -0.1) is 0 Å². The van der Waals surface area contributed by atoms with E-state index in [-0.39, 0.29) is 32.8 Å². The topological polar surface area (TPSA) is 135 Å². The number of carbonyl (C=O) groups is 2. The normalized spacial score (nSPS) is 12.4. The van der Waals surface area contributed by atoms with Crippen LogP contribution in [-0.4, -0.2) is 37.1 Å². The molecule has 1 aromatic carbocycles. The smallest absolute Gasteiger partial charge is 0.371 e. The Morgan fingerprint density at radius 1 is 1.11 bits per heavy atom. The second-order valence-corrected chi connectivity index (χ2v) is 7.81. The largest absolute Gasteiger partial charge is 0.477 e. The summed E-state index contributed by atoms with van der Waals surface area (Å²) in [6.07, 6.45) is 0.981. The molecule has 0 bridgehead atoms. The molecule has 1 atom stereocenters. The SMILES string of the molecule is CCCc1c2nc(C(=O)O)cc(S(=O)CC)c2cc2c(=O)cc(C(=O)O)oc12. The minimum atomic E-state index is -1.50. The van der Waals surface area contributed by atoms with Gasteiger partial charge in [-0.05, 0) is 18.6 Å². The second kappa shape index (κ2) is 7.51. The number of rotatable bonds is 6. The summed E-state index contributed by atoms with van der Waals surface area (Å²) in [6.45, 7) is 3.57. The highest BCUT2D eigenvalue weighted by Gasteiger charge is 2.22. The number of hydrogen-bond acceptors (Lipinski definition) is 6. The summed E-state index contributed by atoms with van der Waals surface area (Å²) in [5, 5.41) is 19.1. The molecule has 0 saturated carbocycles. The Hall–Kier alpha value is -3.07. The lowest BCUT2D eigenvalue weighted by Gasteiger charge is -2.13. The van der Waals surface area contributed by atoms with Crippen LogP contribution in [0.5, 0.6) is 0 Å². The Balaban J connectivity index is 2.59. The van der Waals surface area contributed by atoms with Crippen LogP contribution in [0.15, 0.2) is 32.3 Å². The van der Waals surface area contributed by atoms with E-state index in [0.717, 1.165) is 6.07 Å². The van der Waals surface area contributed by atoms with Gasteiger partial charge in [0.1, 0.15) is 11.3 Å². The number of carboxylic acids is 2. The first-order valence-electron chi connectivity index (χ1n) is 8.57. The Labute approximate surface area is 161 Å². The Morgan fingerprint density at radius 2 is 1.82 bits per heavy atom. The molecule has 0 fully saturated rings.